The van der Waals surface area contributed by atoms with E-state index in [2.05, 4.69) is 30.2 Å². The minimum absolute atomic E-state index is 0.00118. The van der Waals surface area contributed by atoms with Gasteiger partial charge in [0.15, 0.2) is 29.5 Å². The average Bonchev–Trinajstić information content (AvgIpc) is 0.824. The zero-order valence-corrected chi connectivity index (χ0v) is 76.3. The first-order valence-corrected chi connectivity index (χ1v) is 47.9. The van der Waals surface area contributed by atoms with Gasteiger partial charge in [-0.15, -0.1) is 0 Å². The number of benzene rings is 7. The fourth-order valence-electron chi connectivity index (χ4n) is 10.7. The molecule has 47 nitrogen and oxygen atoms in total. The first-order chi connectivity index (χ1) is 62.2. The number of carbonyl (C=O) groups excluding carboxylic acids is 6. The lowest BCUT2D eigenvalue weighted by Crippen LogP contribution is -2.42. The Morgan fingerprint density at radius 2 is 0.639 bits per heavy atom. The molecule has 54 heteroatoms. The highest BCUT2D eigenvalue weighted by Gasteiger charge is 2.39. The number of carboxylic acid groups (broad SMARTS) is 2. The summed E-state index contributed by atoms with van der Waals surface area (Å²) in [5.74, 6) is -15.3. The molecular formula is C79H101F2N9O38P5+. The summed E-state index contributed by atoms with van der Waals surface area (Å²) in [6.45, 7) is 6.93. The van der Waals surface area contributed by atoms with Gasteiger partial charge in [-0.3, -0.25) is 68.3 Å². The predicted octanol–water partition coefficient (Wildman–Crippen LogP) is 10.2. The highest BCUT2D eigenvalue weighted by Crippen LogP contribution is 2.58. The molecule has 9 unspecified atom stereocenters. The number of halogens is 2. The number of aliphatic hydroxyl groups is 4. The fourth-order valence-corrected chi connectivity index (χ4v) is 17.2. The van der Waals surface area contributed by atoms with Gasteiger partial charge in [0.25, 0.3) is 11.4 Å². The van der Waals surface area contributed by atoms with Crippen molar-refractivity contribution in [3.8, 4) is 0 Å². The molecule has 0 aliphatic rings. The number of alkyl carbamates (subject to hydrolysis) is 3. The molecule has 0 aliphatic heterocycles. The molecule has 18 N–H and O–H groups in total. The van der Waals surface area contributed by atoms with Gasteiger partial charge < -0.3 is 106 Å². The number of carboxylic acids is 2. The van der Waals surface area contributed by atoms with Crippen molar-refractivity contribution in [1.29, 1.82) is 0 Å². The van der Waals surface area contributed by atoms with Crippen LogP contribution in [0.5, 0.6) is 0 Å². The van der Waals surface area contributed by atoms with Crippen molar-refractivity contribution in [3.05, 3.63) is 266 Å². The van der Waals surface area contributed by atoms with E-state index in [9.17, 15) is 150 Å². The van der Waals surface area contributed by atoms with Crippen molar-refractivity contribution >= 4 is 108 Å². The lowest BCUT2D eigenvalue weighted by atomic mass is 10.1. The van der Waals surface area contributed by atoms with Crippen LogP contribution in [0, 0.1) is 65.9 Å². The SMILES string of the molecule is CC.COC(=O)[C@H](CCP(=O)(O)C(O)c1ccc(C)c([N+](=O)[O-])c1)NC(=O)OCc1ccccc1.COC(=O)[C@H](CCP(=O)(O)C(O)c1ccc(F)c([N+](=O)[O-])c1)NC(=O)OCc1ccccc1.COC(=O)[C@H](CC[P+](=O)O)NC(=O)OCc1ccccc1.Cc1ccc(C(O)P(=O)(O)CC[C@H](N)C(=O)O)cc1[N+](=O)[O-].N[C@@H](CCP(=O)(O)C(O)c1ccc(F)c([N+](=O)[O-])c1)C(=O)O. The smallest absolute Gasteiger partial charge is 0.480 e. The summed E-state index contributed by atoms with van der Waals surface area (Å²) in [6, 6.07) is 32.1. The quantitative estimate of drug-likeness (QED) is 0.00556. The van der Waals surface area contributed by atoms with Crippen LogP contribution in [-0.2, 0) is 95.0 Å². The molecule has 0 radical (unpaired) electrons. The molecule has 7 rings (SSSR count). The molecule has 0 fully saturated rings. The average molecular weight is 1980 g/mol. The normalized spacial score (nSPS) is 14.6. The Balaban J connectivity index is 0.000000568. The maximum Gasteiger partial charge on any atom is 0.505 e. The number of amides is 3. The number of nitrogens with one attached hydrogen (secondary N) is 3. The Labute approximate surface area is 757 Å². The number of aryl methyl sites for hydroxylation is 2. The maximum atomic E-state index is 13.5. The van der Waals surface area contributed by atoms with Gasteiger partial charge in [-0.05, 0) is 95.2 Å². The number of nitro benzene ring substituents is 4. The third-order valence-electron chi connectivity index (χ3n) is 18.1. The molecule has 0 aliphatic carbocycles. The standard InChI is InChI=1S/C21H25N2O9P.C20H22FN2O9P.C13H16NO6P.C12H17N2O7P.C11H14FN2O7P.C2H6/c1-14-8-9-16(12-18(14)23(27)28)20(25)33(29,30)11-10-17(19(24)31-2)22-21(26)32-13-15-6-4-3-5-7-15;1-31-18(24)16(22-20(26)32-12-13-5-3-2-4-6-13)9-10-33(29,30)19(25)14-7-8-15(21)17(11-14)23(27)28;1-19-12(15)11(7-8-21(17)18)14-13(16)20-9-10-5-3-2-4-6-10;1-7-2-3-8(6-10(7)14(18)19)12(17)22(20,21)5-4-9(13)11(15)16;12-7-2-1-6(5-9(7)14(18)19)11(17)22(20,21)4-3-8(13)10(15)16;1-2/h3-9,12,17,20,25H,10-11,13H2,1-2H3,(H,22,26)(H,29,30);2-8,11,16,19,25H,9-10,12H2,1H3,(H,22,26)(H,29,30);2-6,11H,7-9H2,1H3,(H-,14,16,17,18);2-3,6,9,12,17H,4-5,13H2,1H3,(H,15,16)(H,20,21);1-2,5,8,11,17H,3-4,13H2,(H,15,16)(H,20,21);1-2H3/p+1/t17-,20?;16-,19?;11-;9-,12?;8-,11?;/m00000./s1. The second-order valence-corrected chi connectivity index (χ2v) is 38.6. The van der Waals surface area contributed by atoms with Crippen LogP contribution < -0.4 is 27.4 Å². The highest BCUT2D eigenvalue weighted by molar-refractivity contribution is 7.59. The Morgan fingerprint density at radius 3 is 0.872 bits per heavy atom. The van der Waals surface area contributed by atoms with Crippen LogP contribution in [0.15, 0.2) is 164 Å². The van der Waals surface area contributed by atoms with Gasteiger partial charge in [0.2, 0.25) is 41.1 Å². The number of ether oxygens (including phenoxy) is 6. The van der Waals surface area contributed by atoms with E-state index in [4.69, 9.17) is 40.8 Å². The summed E-state index contributed by atoms with van der Waals surface area (Å²) in [7, 11) is -16.4. The summed E-state index contributed by atoms with van der Waals surface area (Å²) < 4.78 is 116. The van der Waals surface area contributed by atoms with Crippen molar-refractivity contribution in [2.24, 2.45) is 11.5 Å². The molecular weight excluding hydrogens is 1880 g/mol. The number of nitro groups is 4. The highest BCUT2D eigenvalue weighted by atomic mass is 31.2. The Hall–Kier alpha value is -12.3. The van der Waals surface area contributed by atoms with Crippen LogP contribution in [0.1, 0.15) is 119 Å². The minimum atomic E-state index is -4.47. The van der Waals surface area contributed by atoms with E-state index in [1.807, 2.05) is 32.0 Å². The van der Waals surface area contributed by atoms with E-state index < -0.39 is 213 Å². The number of aliphatic hydroxyl groups excluding tert-OH is 4. The fraction of sp³-hybridized carbons (Fsp3) is 0.367. The largest absolute Gasteiger partial charge is 0.505 e. The summed E-state index contributed by atoms with van der Waals surface area (Å²) in [4.78, 5) is 181. The Morgan fingerprint density at radius 1 is 0.406 bits per heavy atom. The number of rotatable bonds is 41. The molecule has 0 aromatic heterocycles. The van der Waals surface area contributed by atoms with Crippen LogP contribution in [0.25, 0.3) is 0 Å². The van der Waals surface area contributed by atoms with E-state index in [1.54, 1.807) is 72.8 Å². The van der Waals surface area contributed by atoms with E-state index in [0.717, 1.165) is 49.6 Å². The summed E-state index contributed by atoms with van der Waals surface area (Å²) in [5, 5.41) is 108. The number of aliphatic carboxylic acids is 2. The number of hydrogen-bond acceptors (Lipinski definition) is 33. The van der Waals surface area contributed by atoms with Crippen molar-refractivity contribution in [3.63, 3.8) is 0 Å². The van der Waals surface area contributed by atoms with Gasteiger partial charge in [-0.2, -0.15) is 13.7 Å². The van der Waals surface area contributed by atoms with Gasteiger partial charge in [0.05, 0.1) is 41.0 Å². The zero-order valence-electron chi connectivity index (χ0n) is 71.9. The van der Waals surface area contributed by atoms with E-state index in [1.165, 1.54) is 45.2 Å². The van der Waals surface area contributed by atoms with E-state index in [0.29, 0.717) is 41.0 Å². The lowest BCUT2D eigenvalue weighted by molar-refractivity contribution is -0.387. The van der Waals surface area contributed by atoms with Gasteiger partial charge in [0.1, 0.15) is 50.0 Å². The third-order valence-corrected chi connectivity index (χ3v) is 26.6. The van der Waals surface area contributed by atoms with Crippen molar-refractivity contribution in [2.75, 3.05) is 52.1 Å². The first kappa shape index (κ1) is 117. The Kier molecular flexibility index (Phi) is 50.3. The number of nitrogens with two attached hydrogens (primary N) is 2. The van der Waals surface area contributed by atoms with Crippen LogP contribution in [-0.4, -0.2) is 205 Å². The van der Waals surface area contributed by atoms with Crippen LogP contribution in [0.2, 0.25) is 0 Å². The van der Waals surface area contributed by atoms with E-state index in [-0.39, 0.29) is 85.3 Å². The molecule has 14 atom stereocenters. The Bertz CT molecular complexity index is 5060. The molecule has 0 spiro atoms. The maximum absolute atomic E-state index is 13.5. The van der Waals surface area contributed by atoms with Gasteiger partial charge in [-0.1, -0.05) is 141 Å². The molecule has 3 amide bonds. The number of carbonyl (C=O) groups is 8. The topological polar surface area (TPSA) is 761 Å². The number of hydrogen-bond donors (Lipinski definition) is 16. The van der Waals surface area contributed by atoms with Gasteiger partial charge >= 0.3 is 67.5 Å². The number of esters is 3. The van der Waals surface area contributed by atoms with Crippen LogP contribution in [0.3, 0.4) is 0 Å². The number of methoxy groups -OCH3 is 3. The summed E-state index contributed by atoms with van der Waals surface area (Å²) >= 11 is 0. The molecule has 7 aromatic carbocycles. The predicted molar refractivity (Wildman–Crippen MR) is 467 cm³/mol. The zero-order chi connectivity index (χ0) is 101. The van der Waals surface area contributed by atoms with Gasteiger partial charge in [0, 0.05) is 66.5 Å². The third kappa shape index (κ3) is 40.8. The molecule has 0 bridgehead atoms. The molecule has 728 valence electrons. The molecule has 0 saturated heterocycles. The monoisotopic (exact) mass is 1980 g/mol. The summed E-state index contributed by atoms with van der Waals surface area (Å²) in [6.07, 6.45) is -6.60. The molecule has 133 heavy (non-hydrogen) atoms. The lowest BCUT2D eigenvalue weighted by Gasteiger charge is -2.21. The second kappa shape index (κ2) is 57.2. The summed E-state index contributed by atoms with van der Waals surface area (Å²) in [5.41, 5.74) is 9.98. The van der Waals surface area contributed by atoms with E-state index >= 15 is 0 Å². The van der Waals surface area contributed by atoms with Crippen molar-refractivity contribution in [2.45, 2.75) is 133 Å². The van der Waals surface area contributed by atoms with Crippen molar-refractivity contribution in [1.82, 2.24) is 16.0 Å². The van der Waals surface area contributed by atoms with Crippen molar-refractivity contribution < 1.29 is 173 Å². The first-order valence-electron chi connectivity index (χ1n) is 38.9. The van der Waals surface area contributed by atoms with Crippen LogP contribution in [0.4, 0.5) is 45.9 Å². The molecule has 0 heterocycles. The minimum Gasteiger partial charge on any atom is -0.480 e. The van der Waals surface area contributed by atoms with Gasteiger partial charge in [-0.25, -0.2) is 28.8 Å². The number of nitrogens with zero attached hydrogens (tertiary/aromatic N) is 4. The second-order valence-electron chi connectivity index (χ2n) is 27.7. The van der Waals surface area contributed by atoms with Crippen LogP contribution >= 0.6 is 37.5 Å². The molecule has 7 aromatic rings. The molecule has 0 saturated carbocycles.